The van der Waals surface area contributed by atoms with E-state index in [4.69, 9.17) is 4.74 Å². The molecule has 7 heteroatoms. The van der Waals surface area contributed by atoms with E-state index in [1.54, 1.807) is 0 Å². The summed E-state index contributed by atoms with van der Waals surface area (Å²) >= 11 is 0. The molecule has 0 atom stereocenters. The minimum Gasteiger partial charge on any atom is -0.493 e. The molecule has 0 aliphatic rings. The molecule has 0 unspecified atom stereocenters. The van der Waals surface area contributed by atoms with E-state index in [9.17, 15) is 14.9 Å². The van der Waals surface area contributed by atoms with Crippen molar-refractivity contribution in [2.75, 3.05) is 19.8 Å². The zero-order valence-corrected chi connectivity index (χ0v) is 13.5. The molecule has 0 aliphatic heterocycles. The van der Waals surface area contributed by atoms with Gasteiger partial charge in [0.15, 0.2) is 0 Å². The normalized spacial score (nSPS) is 10.4. The summed E-state index contributed by atoms with van der Waals surface area (Å²) in [6.07, 6.45) is 1.01. The van der Waals surface area contributed by atoms with Crippen molar-refractivity contribution in [1.29, 1.82) is 0 Å². The van der Waals surface area contributed by atoms with Crippen LogP contribution in [0, 0.1) is 10.1 Å². The Hall–Kier alpha value is -2.83. The summed E-state index contributed by atoms with van der Waals surface area (Å²) in [4.78, 5) is 26.4. The number of benzene rings is 2. The number of nitrogens with zero attached hydrogens (tertiary/aromatic N) is 1. The highest BCUT2D eigenvalue weighted by Crippen LogP contribution is 2.28. The number of hydrogen-bond acceptors (Lipinski definition) is 5. The van der Waals surface area contributed by atoms with Crippen LogP contribution >= 0.6 is 0 Å². The fraction of sp³-hybridized carbons (Fsp3) is 0.353. The van der Waals surface area contributed by atoms with Gasteiger partial charge in [-0.3, -0.25) is 4.79 Å². The molecule has 24 heavy (non-hydrogen) atoms. The molecule has 0 aliphatic carbocycles. The molecule has 0 spiro atoms. The molecular weight excluding hydrogens is 312 g/mol. The standard InChI is InChI=1S/C17H20N2O5/c1-2-10-23-16-8-7-13-5-3-4-6-14(13)15(16)12-17(20)18-9-11-24-19(21)22/h3-8H,2,9-12H2,1H3,(H,18,20). The zero-order valence-electron chi connectivity index (χ0n) is 13.5. The van der Waals surface area contributed by atoms with Gasteiger partial charge in [-0.15, -0.1) is 10.1 Å². The first-order valence-corrected chi connectivity index (χ1v) is 7.79. The average Bonchev–Trinajstić information content (AvgIpc) is 2.58. The maximum atomic E-state index is 12.1. The van der Waals surface area contributed by atoms with Crippen LogP contribution in [-0.4, -0.2) is 30.8 Å². The lowest BCUT2D eigenvalue weighted by atomic mass is 10.0. The third kappa shape index (κ3) is 4.84. The molecule has 1 N–H and O–H groups in total. The summed E-state index contributed by atoms with van der Waals surface area (Å²) < 4.78 is 5.76. The van der Waals surface area contributed by atoms with Gasteiger partial charge in [-0.05, 0) is 23.3 Å². The monoisotopic (exact) mass is 332 g/mol. The molecule has 0 bridgehead atoms. The first kappa shape index (κ1) is 17.5. The summed E-state index contributed by atoms with van der Waals surface area (Å²) in [5.74, 6) is 0.451. The van der Waals surface area contributed by atoms with Crippen molar-refractivity contribution < 1.29 is 19.5 Å². The van der Waals surface area contributed by atoms with Gasteiger partial charge in [0.05, 0.1) is 13.0 Å². The Morgan fingerprint density at radius 1 is 1.21 bits per heavy atom. The van der Waals surface area contributed by atoms with Gasteiger partial charge in [0.25, 0.3) is 5.09 Å². The number of nitrogens with one attached hydrogen (secondary N) is 1. The minimum absolute atomic E-state index is 0.0791. The summed E-state index contributed by atoms with van der Waals surface area (Å²) in [5, 5.41) is 13.8. The maximum Gasteiger partial charge on any atom is 0.294 e. The summed E-state index contributed by atoms with van der Waals surface area (Å²) in [5.41, 5.74) is 0.814. The molecule has 0 aromatic heterocycles. The molecule has 0 saturated heterocycles. The van der Waals surface area contributed by atoms with Crippen LogP contribution < -0.4 is 10.1 Å². The third-order valence-corrected chi connectivity index (χ3v) is 3.42. The van der Waals surface area contributed by atoms with Crippen LogP contribution in [-0.2, 0) is 16.1 Å². The molecule has 0 radical (unpaired) electrons. The van der Waals surface area contributed by atoms with E-state index in [1.165, 1.54) is 0 Å². The number of ether oxygens (including phenoxy) is 1. The quantitative estimate of drug-likeness (QED) is 0.433. The first-order valence-electron chi connectivity index (χ1n) is 7.79. The van der Waals surface area contributed by atoms with E-state index in [1.807, 2.05) is 43.3 Å². The smallest absolute Gasteiger partial charge is 0.294 e. The van der Waals surface area contributed by atoms with Crippen LogP contribution in [0.1, 0.15) is 18.9 Å². The topological polar surface area (TPSA) is 90.7 Å². The molecule has 0 fully saturated rings. The predicted molar refractivity (Wildman–Crippen MR) is 89.4 cm³/mol. The molecule has 1 amide bonds. The average molecular weight is 332 g/mol. The van der Waals surface area contributed by atoms with Crippen molar-refractivity contribution in [3.8, 4) is 5.75 Å². The van der Waals surface area contributed by atoms with Crippen molar-refractivity contribution in [2.45, 2.75) is 19.8 Å². The number of hydrogen-bond donors (Lipinski definition) is 1. The minimum atomic E-state index is -0.881. The van der Waals surface area contributed by atoms with Crippen LogP contribution in [0.2, 0.25) is 0 Å². The van der Waals surface area contributed by atoms with Gasteiger partial charge in [0.2, 0.25) is 5.91 Å². The fourth-order valence-electron chi connectivity index (χ4n) is 2.38. The molecule has 2 aromatic rings. The molecule has 2 rings (SSSR count). The van der Waals surface area contributed by atoms with E-state index in [2.05, 4.69) is 10.2 Å². The van der Waals surface area contributed by atoms with Crippen molar-refractivity contribution in [3.05, 3.63) is 52.1 Å². The van der Waals surface area contributed by atoms with Gasteiger partial charge in [-0.2, -0.15) is 0 Å². The molecule has 128 valence electrons. The Morgan fingerprint density at radius 3 is 2.75 bits per heavy atom. The zero-order chi connectivity index (χ0) is 17.4. The second-order valence-corrected chi connectivity index (χ2v) is 5.20. The van der Waals surface area contributed by atoms with E-state index < -0.39 is 5.09 Å². The van der Waals surface area contributed by atoms with Crippen molar-refractivity contribution in [2.24, 2.45) is 0 Å². The van der Waals surface area contributed by atoms with E-state index in [0.717, 1.165) is 22.8 Å². The Labute approximate surface area is 139 Å². The van der Waals surface area contributed by atoms with Crippen LogP contribution in [0.4, 0.5) is 0 Å². The largest absolute Gasteiger partial charge is 0.493 e. The van der Waals surface area contributed by atoms with Crippen LogP contribution in [0.5, 0.6) is 5.75 Å². The maximum absolute atomic E-state index is 12.1. The summed E-state index contributed by atoms with van der Waals surface area (Å²) in [7, 11) is 0. The number of fused-ring (bicyclic) bond motifs is 1. The van der Waals surface area contributed by atoms with E-state index >= 15 is 0 Å². The highest BCUT2D eigenvalue weighted by atomic mass is 16.9. The Morgan fingerprint density at radius 2 is 2.00 bits per heavy atom. The van der Waals surface area contributed by atoms with Gasteiger partial charge in [-0.1, -0.05) is 37.3 Å². The van der Waals surface area contributed by atoms with Gasteiger partial charge < -0.3 is 14.9 Å². The highest BCUT2D eigenvalue weighted by molar-refractivity contribution is 5.92. The number of rotatable bonds is 9. The first-order chi connectivity index (χ1) is 11.6. The number of amides is 1. The Kier molecular flexibility index (Phi) is 6.36. The lowest BCUT2D eigenvalue weighted by Crippen LogP contribution is -2.29. The highest BCUT2D eigenvalue weighted by Gasteiger charge is 2.13. The van der Waals surface area contributed by atoms with Crippen LogP contribution in [0.3, 0.4) is 0 Å². The molecule has 2 aromatic carbocycles. The number of carbonyl (C=O) groups is 1. The molecule has 0 saturated carbocycles. The van der Waals surface area contributed by atoms with E-state index in [-0.39, 0.29) is 25.5 Å². The Balaban J connectivity index is 2.12. The summed E-state index contributed by atoms with van der Waals surface area (Å²) in [6.45, 7) is 2.50. The lowest BCUT2D eigenvalue weighted by Gasteiger charge is -2.14. The predicted octanol–water partition coefficient (Wildman–Crippen LogP) is 2.50. The lowest BCUT2D eigenvalue weighted by molar-refractivity contribution is -0.757. The van der Waals surface area contributed by atoms with Gasteiger partial charge in [-0.25, -0.2) is 0 Å². The van der Waals surface area contributed by atoms with Crippen LogP contribution in [0.25, 0.3) is 10.8 Å². The fourth-order valence-corrected chi connectivity index (χ4v) is 2.38. The second-order valence-electron chi connectivity index (χ2n) is 5.20. The van der Waals surface area contributed by atoms with Gasteiger partial charge in [0.1, 0.15) is 12.4 Å². The SMILES string of the molecule is CCCOc1ccc2ccccc2c1CC(=O)NCCO[N+](=O)[O-]. The molecular formula is C17H20N2O5. The Bertz CT molecular complexity index is 717. The van der Waals surface area contributed by atoms with Crippen molar-refractivity contribution in [3.63, 3.8) is 0 Å². The third-order valence-electron chi connectivity index (χ3n) is 3.42. The van der Waals surface area contributed by atoms with Crippen LogP contribution in [0.15, 0.2) is 36.4 Å². The molecule has 7 nitrogen and oxygen atoms in total. The van der Waals surface area contributed by atoms with Crippen molar-refractivity contribution >= 4 is 16.7 Å². The summed E-state index contributed by atoms with van der Waals surface area (Å²) in [6, 6.07) is 11.6. The van der Waals surface area contributed by atoms with Gasteiger partial charge in [0, 0.05) is 12.1 Å². The van der Waals surface area contributed by atoms with Crippen molar-refractivity contribution in [1.82, 2.24) is 5.32 Å². The van der Waals surface area contributed by atoms with E-state index in [0.29, 0.717) is 12.4 Å². The number of carbonyl (C=O) groups excluding carboxylic acids is 1. The second kappa shape index (κ2) is 8.71. The van der Waals surface area contributed by atoms with Gasteiger partial charge >= 0.3 is 0 Å². The molecule has 0 heterocycles.